The summed E-state index contributed by atoms with van der Waals surface area (Å²) in [6.45, 7) is 0. The lowest BCUT2D eigenvalue weighted by molar-refractivity contribution is 1.66. The quantitative estimate of drug-likeness (QED) is 0.139. The van der Waals surface area contributed by atoms with Gasteiger partial charge >= 0.3 is 0 Å². The third-order valence-corrected chi connectivity index (χ3v) is 10.2. The van der Waals surface area contributed by atoms with Crippen LogP contribution in [0, 0.1) is 0 Å². The molecule has 10 aromatic carbocycles. The average Bonchev–Trinajstić information content (AvgIpc) is 3.16. The summed E-state index contributed by atoms with van der Waals surface area (Å²) in [4.78, 5) is 0. The molecule has 0 heteroatoms. The van der Waals surface area contributed by atoms with Crippen LogP contribution in [0.25, 0.3) is 98.0 Å². The van der Waals surface area contributed by atoms with Gasteiger partial charge in [0.05, 0.1) is 0 Å². The van der Waals surface area contributed by atoms with Crippen LogP contribution in [0.1, 0.15) is 0 Å². The molecule has 0 aromatic heterocycles. The van der Waals surface area contributed by atoms with E-state index in [2.05, 4.69) is 182 Å². The Kier molecular flexibility index (Phi) is 5.98. The Morgan fingerprint density at radius 1 is 0.208 bits per heavy atom. The molecule has 0 amide bonds. The largest absolute Gasteiger partial charge is 0.0622 e. The lowest BCUT2D eigenvalue weighted by Crippen LogP contribution is -1.91. The lowest BCUT2D eigenvalue weighted by atomic mass is 9.85. The molecule has 0 aliphatic carbocycles. The number of hydrogen-bond donors (Lipinski definition) is 0. The second-order valence-corrected chi connectivity index (χ2v) is 12.8. The molecule has 0 spiro atoms. The van der Waals surface area contributed by atoms with Crippen LogP contribution in [0.15, 0.2) is 182 Å². The third kappa shape index (κ3) is 4.10. The topological polar surface area (TPSA) is 0 Å². The van der Waals surface area contributed by atoms with Crippen molar-refractivity contribution in [2.24, 2.45) is 0 Å². The molecule has 0 aliphatic heterocycles. The summed E-state index contributed by atoms with van der Waals surface area (Å²) >= 11 is 0. The smallest absolute Gasteiger partial charge is 0.00262 e. The first-order valence-electron chi connectivity index (χ1n) is 16.7. The van der Waals surface area contributed by atoms with Gasteiger partial charge in [0, 0.05) is 0 Å². The van der Waals surface area contributed by atoms with Crippen molar-refractivity contribution in [1.29, 1.82) is 0 Å². The van der Waals surface area contributed by atoms with Gasteiger partial charge in [-0.2, -0.15) is 0 Å². The Labute approximate surface area is 279 Å². The predicted molar refractivity (Wildman–Crippen MR) is 208 cm³/mol. The second kappa shape index (κ2) is 10.7. The lowest BCUT2D eigenvalue weighted by Gasteiger charge is -2.18. The normalized spacial score (nSPS) is 11.8. The van der Waals surface area contributed by atoms with Crippen molar-refractivity contribution in [3.63, 3.8) is 0 Å². The number of rotatable bonds is 3. The molecule has 0 N–H and O–H groups in total. The molecule has 0 heterocycles. The van der Waals surface area contributed by atoms with Gasteiger partial charge in [-0.05, 0) is 116 Å². The van der Waals surface area contributed by atoms with Crippen LogP contribution < -0.4 is 0 Å². The van der Waals surface area contributed by atoms with E-state index in [1.807, 2.05) is 0 Å². The third-order valence-electron chi connectivity index (χ3n) is 10.2. The second-order valence-electron chi connectivity index (χ2n) is 12.8. The molecule has 48 heavy (non-hydrogen) atoms. The molecular weight excluding hydrogens is 577 g/mol. The molecule has 10 aromatic rings. The molecule has 10 rings (SSSR count). The van der Waals surface area contributed by atoms with Crippen LogP contribution in [0.5, 0.6) is 0 Å². The van der Waals surface area contributed by atoms with Crippen molar-refractivity contribution >= 4 is 64.6 Å². The highest BCUT2D eigenvalue weighted by Gasteiger charge is 2.17. The van der Waals surface area contributed by atoms with E-state index in [0.29, 0.717) is 0 Å². The van der Waals surface area contributed by atoms with Gasteiger partial charge in [0.1, 0.15) is 0 Å². The monoisotopic (exact) mass is 606 g/mol. The number of benzene rings is 10. The molecule has 0 fully saturated rings. The van der Waals surface area contributed by atoms with Gasteiger partial charge in [0.15, 0.2) is 0 Å². The van der Waals surface area contributed by atoms with Crippen LogP contribution in [-0.4, -0.2) is 0 Å². The van der Waals surface area contributed by atoms with Gasteiger partial charge in [-0.25, -0.2) is 0 Å². The minimum Gasteiger partial charge on any atom is -0.0622 e. The number of hydrogen-bond acceptors (Lipinski definition) is 0. The highest BCUT2D eigenvalue weighted by Crippen LogP contribution is 2.45. The van der Waals surface area contributed by atoms with Crippen molar-refractivity contribution in [2.45, 2.75) is 0 Å². The van der Waals surface area contributed by atoms with Gasteiger partial charge in [0.25, 0.3) is 0 Å². The summed E-state index contributed by atoms with van der Waals surface area (Å²) in [6, 6.07) is 67.1. The van der Waals surface area contributed by atoms with Gasteiger partial charge in [-0.15, -0.1) is 0 Å². The van der Waals surface area contributed by atoms with Crippen molar-refractivity contribution in [3.05, 3.63) is 182 Å². The SMILES string of the molecule is c1ccc(-c2c3ccccc3c(-c3ccc4ccc(-c5cc6c7ccccc7ccc6c6ccccc56)cc4c3)c3ccccc23)cc1. The first-order valence-corrected chi connectivity index (χ1v) is 16.7. The zero-order valence-electron chi connectivity index (χ0n) is 26.3. The molecule has 0 radical (unpaired) electrons. The molecule has 0 bridgehead atoms. The van der Waals surface area contributed by atoms with Gasteiger partial charge in [-0.3, -0.25) is 0 Å². The predicted octanol–water partition coefficient (Wildman–Crippen LogP) is 13.6. The van der Waals surface area contributed by atoms with Gasteiger partial charge in [0.2, 0.25) is 0 Å². The molecule has 0 saturated heterocycles. The van der Waals surface area contributed by atoms with Gasteiger partial charge < -0.3 is 0 Å². The summed E-state index contributed by atoms with van der Waals surface area (Å²) in [7, 11) is 0. The Morgan fingerprint density at radius 3 is 1.38 bits per heavy atom. The summed E-state index contributed by atoms with van der Waals surface area (Å²) in [5.41, 5.74) is 7.57. The fourth-order valence-corrected chi connectivity index (χ4v) is 8.02. The maximum Gasteiger partial charge on any atom is -0.00262 e. The van der Waals surface area contributed by atoms with Crippen LogP contribution in [-0.2, 0) is 0 Å². The summed E-state index contributed by atoms with van der Waals surface area (Å²) in [5.74, 6) is 0. The van der Waals surface area contributed by atoms with Gasteiger partial charge in [-0.1, -0.05) is 164 Å². The minimum absolute atomic E-state index is 1.24. The zero-order chi connectivity index (χ0) is 31.6. The molecule has 0 aliphatic rings. The minimum atomic E-state index is 1.24. The standard InChI is InChI=1S/C48H30/c1-2-13-33(14-3-1)47-41-18-8-10-20-43(41)48(44-21-11-9-19-42(44)47)35-25-23-31-22-24-34(28-36(31)29-35)45-30-46-37-15-5-4-12-32(37)26-27-40(46)38-16-6-7-17-39(38)45/h1-30H. The van der Waals surface area contributed by atoms with Crippen LogP contribution in [0.3, 0.4) is 0 Å². The summed E-state index contributed by atoms with van der Waals surface area (Å²) in [6.07, 6.45) is 0. The molecule has 0 unspecified atom stereocenters. The summed E-state index contributed by atoms with van der Waals surface area (Å²) in [5, 5.41) is 15.3. The van der Waals surface area contributed by atoms with E-state index in [9.17, 15) is 0 Å². The maximum absolute atomic E-state index is 2.41. The van der Waals surface area contributed by atoms with Crippen LogP contribution in [0.2, 0.25) is 0 Å². The van der Waals surface area contributed by atoms with E-state index in [1.165, 1.54) is 98.0 Å². The molecule has 0 nitrogen and oxygen atoms in total. The first kappa shape index (κ1) is 26.9. The van der Waals surface area contributed by atoms with Crippen molar-refractivity contribution in [3.8, 4) is 33.4 Å². The molecule has 222 valence electrons. The van der Waals surface area contributed by atoms with E-state index in [0.717, 1.165) is 0 Å². The first-order chi connectivity index (χ1) is 23.8. The Balaban J connectivity index is 1.23. The fraction of sp³-hybridized carbons (Fsp3) is 0. The van der Waals surface area contributed by atoms with E-state index in [-0.39, 0.29) is 0 Å². The van der Waals surface area contributed by atoms with Crippen molar-refractivity contribution < 1.29 is 0 Å². The fourth-order valence-electron chi connectivity index (χ4n) is 8.02. The Morgan fingerprint density at radius 2 is 0.688 bits per heavy atom. The molecule has 0 atom stereocenters. The van der Waals surface area contributed by atoms with E-state index >= 15 is 0 Å². The number of fused-ring (bicyclic) bond motifs is 8. The van der Waals surface area contributed by atoms with E-state index in [1.54, 1.807) is 0 Å². The molecule has 0 saturated carbocycles. The summed E-state index contributed by atoms with van der Waals surface area (Å²) < 4.78 is 0. The molecular formula is C48H30. The average molecular weight is 607 g/mol. The highest BCUT2D eigenvalue weighted by atomic mass is 14.2. The highest BCUT2D eigenvalue weighted by molar-refractivity contribution is 6.23. The van der Waals surface area contributed by atoms with Crippen LogP contribution >= 0.6 is 0 Å². The van der Waals surface area contributed by atoms with E-state index in [4.69, 9.17) is 0 Å². The van der Waals surface area contributed by atoms with E-state index < -0.39 is 0 Å². The van der Waals surface area contributed by atoms with Crippen molar-refractivity contribution in [2.75, 3.05) is 0 Å². The zero-order valence-corrected chi connectivity index (χ0v) is 26.3. The Hall–Kier alpha value is -6.24. The Bertz CT molecular complexity index is 2820. The maximum atomic E-state index is 2.41. The van der Waals surface area contributed by atoms with Crippen LogP contribution in [0.4, 0.5) is 0 Å². The van der Waals surface area contributed by atoms with Crippen molar-refractivity contribution in [1.82, 2.24) is 0 Å².